The third-order valence-electron chi connectivity index (χ3n) is 5.53. The second-order valence-electron chi connectivity index (χ2n) is 7.52. The lowest BCUT2D eigenvalue weighted by atomic mass is 10.1. The highest BCUT2D eigenvalue weighted by molar-refractivity contribution is 7.91. The molecule has 0 amide bonds. The molecule has 3 rings (SSSR count). The second-order valence-corrected chi connectivity index (χ2v) is 9.75. The van der Waals surface area contributed by atoms with Crippen LogP contribution in [0.2, 0.25) is 0 Å². The van der Waals surface area contributed by atoms with Crippen molar-refractivity contribution >= 4 is 15.7 Å². The summed E-state index contributed by atoms with van der Waals surface area (Å²) in [5, 5.41) is 14.0. The van der Waals surface area contributed by atoms with Crippen LogP contribution in [-0.4, -0.2) is 45.9 Å². The van der Waals surface area contributed by atoms with Crippen LogP contribution < -0.4 is 16.1 Å². The maximum absolute atomic E-state index is 12.4. The van der Waals surface area contributed by atoms with Crippen LogP contribution >= 0.6 is 0 Å². The van der Waals surface area contributed by atoms with Gasteiger partial charge in [-0.25, -0.2) is 13.2 Å². The Kier molecular flexibility index (Phi) is 5.17. The maximum Gasteiger partial charge on any atom is 0.332 e. The fourth-order valence-electron chi connectivity index (χ4n) is 3.94. The standard InChI is InChI=1S/C18H24N6O4S/c1-11-15(12(2)24(20-11)13-6-7-29(27,28)10-13)9-21(3)16-14(8-19)17(25)23(5)18(26)22(16)4/h13H,6-7,9-10H2,1-5H3/t13-/m1/s1. The minimum atomic E-state index is -3.04. The smallest absolute Gasteiger partial charge is 0.332 e. The number of hydrogen-bond acceptors (Lipinski definition) is 7. The molecule has 1 aliphatic rings. The summed E-state index contributed by atoms with van der Waals surface area (Å²) in [4.78, 5) is 26.3. The van der Waals surface area contributed by atoms with E-state index in [0.717, 1.165) is 21.5 Å². The van der Waals surface area contributed by atoms with E-state index in [2.05, 4.69) is 5.10 Å². The van der Waals surface area contributed by atoms with Crippen LogP contribution in [0.1, 0.15) is 35.0 Å². The van der Waals surface area contributed by atoms with Gasteiger partial charge in [0, 0.05) is 38.9 Å². The van der Waals surface area contributed by atoms with Crippen molar-refractivity contribution < 1.29 is 8.42 Å². The lowest BCUT2D eigenvalue weighted by Gasteiger charge is -2.23. The van der Waals surface area contributed by atoms with E-state index in [-0.39, 0.29) is 28.9 Å². The van der Waals surface area contributed by atoms with Crippen molar-refractivity contribution in [3.05, 3.63) is 43.4 Å². The van der Waals surface area contributed by atoms with E-state index in [1.165, 1.54) is 18.7 Å². The molecule has 1 saturated heterocycles. The summed E-state index contributed by atoms with van der Waals surface area (Å²) in [6.45, 7) is 4.03. The Morgan fingerprint density at radius 3 is 2.45 bits per heavy atom. The van der Waals surface area contributed by atoms with Gasteiger partial charge in [-0.1, -0.05) is 0 Å². The number of nitrogens with zero attached hydrogens (tertiary/aromatic N) is 6. The Bertz CT molecular complexity index is 1250. The van der Waals surface area contributed by atoms with E-state index in [1.54, 1.807) is 16.6 Å². The summed E-state index contributed by atoms with van der Waals surface area (Å²) < 4.78 is 27.6. The van der Waals surface area contributed by atoms with Gasteiger partial charge in [-0.3, -0.25) is 18.6 Å². The van der Waals surface area contributed by atoms with Crippen LogP contribution in [-0.2, 0) is 30.5 Å². The van der Waals surface area contributed by atoms with Crippen molar-refractivity contribution in [3.63, 3.8) is 0 Å². The first-order valence-corrected chi connectivity index (χ1v) is 11.0. The molecule has 0 saturated carbocycles. The number of anilines is 1. The predicted octanol–water partition coefficient (Wildman–Crippen LogP) is -0.235. The maximum atomic E-state index is 12.4. The van der Waals surface area contributed by atoms with E-state index in [0.29, 0.717) is 13.0 Å². The molecule has 1 aliphatic heterocycles. The minimum Gasteiger partial charge on any atom is -0.355 e. The molecule has 1 atom stereocenters. The summed E-state index contributed by atoms with van der Waals surface area (Å²) in [5.74, 6) is 0.466. The highest BCUT2D eigenvalue weighted by Gasteiger charge is 2.31. The Morgan fingerprint density at radius 2 is 1.90 bits per heavy atom. The molecule has 0 aliphatic carbocycles. The lowest BCUT2D eigenvalue weighted by molar-refractivity contribution is 0.485. The van der Waals surface area contributed by atoms with Gasteiger partial charge in [-0.05, 0) is 20.3 Å². The number of aryl methyl sites for hydroxylation is 1. The Hall–Kier alpha value is -2.87. The zero-order chi connectivity index (χ0) is 21.7. The molecule has 0 radical (unpaired) electrons. The van der Waals surface area contributed by atoms with Crippen molar-refractivity contribution in [1.82, 2.24) is 18.9 Å². The van der Waals surface area contributed by atoms with E-state index < -0.39 is 21.1 Å². The first kappa shape index (κ1) is 20.9. The van der Waals surface area contributed by atoms with Crippen molar-refractivity contribution in [1.29, 1.82) is 5.26 Å². The minimum absolute atomic E-state index is 0.0754. The third-order valence-corrected chi connectivity index (χ3v) is 7.28. The van der Waals surface area contributed by atoms with Crippen LogP contribution in [0.3, 0.4) is 0 Å². The van der Waals surface area contributed by atoms with Gasteiger partial charge >= 0.3 is 5.69 Å². The molecule has 29 heavy (non-hydrogen) atoms. The third kappa shape index (κ3) is 3.48. The molecule has 0 aromatic carbocycles. The number of sulfone groups is 1. The van der Waals surface area contributed by atoms with Crippen molar-refractivity contribution in [3.8, 4) is 6.07 Å². The monoisotopic (exact) mass is 420 g/mol. The van der Waals surface area contributed by atoms with E-state index in [1.807, 2.05) is 19.9 Å². The van der Waals surface area contributed by atoms with Crippen LogP contribution in [0.15, 0.2) is 9.59 Å². The zero-order valence-electron chi connectivity index (χ0n) is 17.1. The van der Waals surface area contributed by atoms with Gasteiger partial charge in [0.1, 0.15) is 11.9 Å². The number of aromatic nitrogens is 4. The Morgan fingerprint density at radius 1 is 1.24 bits per heavy atom. The summed E-state index contributed by atoms with van der Waals surface area (Å²) in [5.41, 5.74) is 1.18. The Labute approximate surface area is 168 Å². The van der Waals surface area contributed by atoms with Gasteiger partial charge in [-0.2, -0.15) is 10.4 Å². The van der Waals surface area contributed by atoms with Crippen molar-refractivity contribution in [2.45, 2.75) is 32.9 Å². The molecule has 11 heteroatoms. The van der Waals surface area contributed by atoms with Gasteiger partial charge in [-0.15, -0.1) is 0 Å². The van der Waals surface area contributed by atoms with Gasteiger partial charge in [0.05, 0.1) is 23.2 Å². The highest BCUT2D eigenvalue weighted by Crippen LogP contribution is 2.28. The van der Waals surface area contributed by atoms with Crippen LogP contribution in [0.4, 0.5) is 5.82 Å². The Balaban J connectivity index is 2.02. The van der Waals surface area contributed by atoms with E-state index in [4.69, 9.17) is 0 Å². The fourth-order valence-corrected chi connectivity index (χ4v) is 5.63. The average Bonchev–Trinajstić information content (AvgIpc) is 3.15. The largest absolute Gasteiger partial charge is 0.355 e. The van der Waals surface area contributed by atoms with E-state index in [9.17, 15) is 23.3 Å². The van der Waals surface area contributed by atoms with Gasteiger partial charge in [0.15, 0.2) is 15.4 Å². The van der Waals surface area contributed by atoms with E-state index >= 15 is 0 Å². The molecule has 1 fully saturated rings. The number of nitriles is 1. The van der Waals surface area contributed by atoms with Crippen molar-refractivity contribution in [2.24, 2.45) is 14.1 Å². The second kappa shape index (κ2) is 7.18. The topological polar surface area (TPSA) is 123 Å². The summed E-state index contributed by atoms with van der Waals surface area (Å²) in [7, 11) is 1.51. The van der Waals surface area contributed by atoms with Crippen LogP contribution in [0.5, 0.6) is 0 Å². The molecular weight excluding hydrogens is 396 g/mol. The van der Waals surface area contributed by atoms with Gasteiger partial charge in [0.2, 0.25) is 0 Å². The lowest BCUT2D eigenvalue weighted by Crippen LogP contribution is -2.41. The van der Waals surface area contributed by atoms with Crippen LogP contribution in [0.25, 0.3) is 0 Å². The summed E-state index contributed by atoms with van der Waals surface area (Å²) in [6.07, 6.45) is 0.529. The van der Waals surface area contributed by atoms with Gasteiger partial charge in [0.25, 0.3) is 5.56 Å². The molecule has 0 N–H and O–H groups in total. The number of hydrogen-bond donors (Lipinski definition) is 0. The molecule has 0 unspecified atom stereocenters. The molecule has 156 valence electrons. The zero-order valence-corrected chi connectivity index (χ0v) is 17.9. The van der Waals surface area contributed by atoms with Gasteiger partial charge < -0.3 is 4.90 Å². The molecule has 0 spiro atoms. The average molecular weight is 420 g/mol. The normalized spacial score (nSPS) is 18.0. The molecule has 0 bridgehead atoms. The number of rotatable bonds is 4. The molecule has 2 aromatic heterocycles. The molecule has 3 heterocycles. The first-order valence-electron chi connectivity index (χ1n) is 9.14. The first-order chi connectivity index (χ1) is 13.5. The molecular formula is C18H24N6O4S. The summed E-state index contributed by atoms with van der Waals surface area (Å²) in [6, 6.07) is 1.71. The SMILES string of the molecule is Cc1nn([C@@H]2CCS(=O)(=O)C2)c(C)c1CN(C)c1c(C#N)c(=O)n(C)c(=O)n1C. The molecule has 2 aromatic rings. The highest BCUT2D eigenvalue weighted by atomic mass is 32.2. The summed E-state index contributed by atoms with van der Waals surface area (Å²) >= 11 is 0. The van der Waals surface area contributed by atoms with Crippen LogP contribution in [0, 0.1) is 25.2 Å². The van der Waals surface area contributed by atoms with Crippen molar-refractivity contribution in [2.75, 3.05) is 23.5 Å². The molecule has 10 nitrogen and oxygen atoms in total. The fraction of sp³-hybridized carbons (Fsp3) is 0.556. The predicted molar refractivity (Wildman–Crippen MR) is 108 cm³/mol. The quantitative estimate of drug-likeness (QED) is 0.669.